The molecule has 0 saturated carbocycles. The Morgan fingerprint density at radius 2 is 1.93 bits per heavy atom. The molecule has 0 aliphatic heterocycles. The first-order chi connectivity index (χ1) is 13.6. The third-order valence-electron chi connectivity index (χ3n) is 5.07. The Hall–Kier alpha value is -3.01. The normalized spacial score (nSPS) is 11.4. The highest BCUT2D eigenvalue weighted by Crippen LogP contribution is 2.32. The van der Waals surface area contributed by atoms with Crippen molar-refractivity contribution in [3.8, 4) is 22.4 Å². The van der Waals surface area contributed by atoms with Gasteiger partial charge in [0.25, 0.3) is 0 Å². The molecule has 4 nitrogen and oxygen atoms in total. The minimum Gasteiger partial charge on any atom is -0.272 e. The zero-order chi connectivity index (χ0) is 19.5. The van der Waals surface area contributed by atoms with E-state index in [0.29, 0.717) is 5.92 Å². The van der Waals surface area contributed by atoms with Crippen LogP contribution in [0.1, 0.15) is 32.9 Å². The van der Waals surface area contributed by atoms with Crippen LogP contribution in [0, 0.1) is 5.92 Å². The van der Waals surface area contributed by atoms with Crippen LogP contribution in [0.3, 0.4) is 0 Å². The molecule has 0 unspecified atom stereocenters. The van der Waals surface area contributed by atoms with E-state index in [-0.39, 0.29) is 0 Å². The van der Waals surface area contributed by atoms with Crippen molar-refractivity contribution in [3.63, 3.8) is 0 Å². The summed E-state index contributed by atoms with van der Waals surface area (Å²) in [6.45, 7) is 7.55. The summed E-state index contributed by atoms with van der Waals surface area (Å²) in [7, 11) is 0. The number of hydrogen-bond donors (Lipinski definition) is 0. The fourth-order valence-corrected chi connectivity index (χ4v) is 3.38. The van der Waals surface area contributed by atoms with Gasteiger partial charge in [0, 0.05) is 46.7 Å². The Labute approximate surface area is 166 Å². The Morgan fingerprint density at radius 1 is 1.04 bits per heavy atom. The third kappa shape index (κ3) is 3.81. The van der Waals surface area contributed by atoms with E-state index in [1.165, 1.54) is 0 Å². The van der Waals surface area contributed by atoms with Crippen molar-refractivity contribution in [1.82, 2.24) is 19.7 Å². The minimum atomic E-state index is 0.666. The number of aromatic nitrogens is 4. The highest BCUT2D eigenvalue weighted by molar-refractivity contribution is 5.87. The molecule has 0 aliphatic rings. The summed E-state index contributed by atoms with van der Waals surface area (Å²) in [4.78, 5) is 9.48. The lowest BCUT2D eigenvalue weighted by Crippen LogP contribution is -2.01. The molecule has 0 fully saturated rings. The lowest BCUT2D eigenvalue weighted by Gasteiger charge is -2.10. The summed E-state index contributed by atoms with van der Waals surface area (Å²) in [6, 6.07) is 14.7. The van der Waals surface area contributed by atoms with Crippen LogP contribution < -0.4 is 0 Å². The first-order valence-corrected chi connectivity index (χ1v) is 10.0. The van der Waals surface area contributed by atoms with Crippen LogP contribution in [0.5, 0.6) is 0 Å². The van der Waals surface area contributed by atoms with Gasteiger partial charge in [-0.05, 0) is 37.0 Å². The molecule has 3 heterocycles. The molecule has 4 heteroatoms. The molecular formula is C24H26N4. The molecule has 0 saturated heterocycles. The fourth-order valence-electron chi connectivity index (χ4n) is 3.38. The van der Waals surface area contributed by atoms with Gasteiger partial charge in [0.05, 0.1) is 17.4 Å². The van der Waals surface area contributed by atoms with Crippen LogP contribution in [0.15, 0.2) is 61.1 Å². The van der Waals surface area contributed by atoms with Gasteiger partial charge in [-0.2, -0.15) is 5.10 Å². The highest BCUT2D eigenvalue weighted by Gasteiger charge is 2.13. The van der Waals surface area contributed by atoms with Crippen LogP contribution in [0.4, 0.5) is 0 Å². The van der Waals surface area contributed by atoms with E-state index >= 15 is 0 Å². The van der Waals surface area contributed by atoms with Crippen molar-refractivity contribution in [2.24, 2.45) is 5.92 Å². The smallest absolute Gasteiger partial charge is 0.0785 e. The molecule has 0 radical (unpaired) electrons. The number of aryl methyl sites for hydroxylation is 2. The number of nitrogens with zero attached hydrogens (tertiary/aromatic N) is 4. The van der Waals surface area contributed by atoms with E-state index < -0.39 is 0 Å². The summed E-state index contributed by atoms with van der Waals surface area (Å²) >= 11 is 0. The zero-order valence-electron chi connectivity index (χ0n) is 16.8. The van der Waals surface area contributed by atoms with Gasteiger partial charge in [-0.15, -0.1) is 0 Å². The Morgan fingerprint density at radius 3 is 2.75 bits per heavy atom. The Bertz CT molecular complexity index is 1090. The summed E-state index contributed by atoms with van der Waals surface area (Å²) in [5.74, 6) is 0.666. The maximum Gasteiger partial charge on any atom is 0.0785 e. The molecule has 3 aromatic heterocycles. The highest BCUT2D eigenvalue weighted by atomic mass is 15.3. The topological polar surface area (TPSA) is 43.6 Å². The second-order valence-electron chi connectivity index (χ2n) is 7.64. The second kappa shape index (κ2) is 7.93. The van der Waals surface area contributed by atoms with Crippen LogP contribution in [0.25, 0.3) is 33.3 Å². The van der Waals surface area contributed by atoms with Crippen molar-refractivity contribution >= 4 is 10.9 Å². The van der Waals surface area contributed by atoms with E-state index in [9.17, 15) is 0 Å². The average molecular weight is 370 g/mol. The zero-order valence-corrected chi connectivity index (χ0v) is 16.8. The van der Waals surface area contributed by atoms with Gasteiger partial charge in [0.2, 0.25) is 0 Å². The summed E-state index contributed by atoms with van der Waals surface area (Å²) in [6.07, 6.45) is 7.95. The monoisotopic (exact) mass is 370 g/mol. The van der Waals surface area contributed by atoms with Gasteiger partial charge >= 0.3 is 0 Å². The fraction of sp³-hybridized carbons (Fsp3) is 0.292. The molecule has 4 rings (SSSR count). The number of pyridine rings is 2. The van der Waals surface area contributed by atoms with E-state index in [1.807, 2.05) is 23.1 Å². The van der Waals surface area contributed by atoms with Gasteiger partial charge in [-0.3, -0.25) is 14.6 Å². The predicted octanol–water partition coefficient (Wildman–Crippen LogP) is 5.77. The molecule has 4 aromatic rings. The molecule has 0 spiro atoms. The lowest BCUT2D eigenvalue weighted by molar-refractivity contribution is 0.487. The second-order valence-corrected chi connectivity index (χ2v) is 7.64. The molecule has 0 bridgehead atoms. The first kappa shape index (κ1) is 18.4. The summed E-state index contributed by atoms with van der Waals surface area (Å²) < 4.78 is 2.04. The van der Waals surface area contributed by atoms with Crippen LogP contribution >= 0.6 is 0 Å². The number of benzene rings is 1. The molecule has 0 N–H and O–H groups in total. The average Bonchev–Trinajstić information content (AvgIpc) is 3.20. The molecule has 0 atom stereocenters. The Kier molecular flexibility index (Phi) is 5.20. The van der Waals surface area contributed by atoms with Crippen LogP contribution in [0.2, 0.25) is 0 Å². The Balaban J connectivity index is 1.78. The molecular weight excluding hydrogens is 344 g/mol. The van der Waals surface area contributed by atoms with Crippen molar-refractivity contribution in [3.05, 3.63) is 66.7 Å². The quantitative estimate of drug-likeness (QED) is 0.433. The van der Waals surface area contributed by atoms with Crippen LogP contribution in [-0.2, 0) is 13.0 Å². The van der Waals surface area contributed by atoms with Gasteiger partial charge in [-0.25, -0.2) is 0 Å². The number of rotatable bonds is 6. The van der Waals surface area contributed by atoms with Gasteiger partial charge in [0.15, 0.2) is 0 Å². The SMILES string of the molecule is CCc1ccc(-c2cnn(CCC(C)C)c2)c(-c2ccc3cccnc3c2)n1. The maximum atomic E-state index is 4.96. The molecule has 28 heavy (non-hydrogen) atoms. The third-order valence-corrected chi connectivity index (χ3v) is 5.07. The largest absolute Gasteiger partial charge is 0.272 e. The van der Waals surface area contributed by atoms with E-state index in [4.69, 9.17) is 4.98 Å². The van der Waals surface area contributed by atoms with Gasteiger partial charge in [0.1, 0.15) is 0 Å². The van der Waals surface area contributed by atoms with Gasteiger partial charge in [-0.1, -0.05) is 45.0 Å². The van der Waals surface area contributed by atoms with E-state index in [0.717, 1.165) is 58.4 Å². The predicted molar refractivity (Wildman–Crippen MR) is 115 cm³/mol. The number of fused-ring (bicyclic) bond motifs is 1. The molecule has 1 aromatic carbocycles. The standard InChI is InChI=1S/C24H26N4/c1-4-21-9-10-22(20-15-26-28(16-20)13-11-17(2)3)24(27-21)19-8-7-18-6-5-12-25-23(18)14-19/h5-10,12,14-17H,4,11,13H2,1-3H3. The van der Waals surface area contributed by atoms with Gasteiger partial charge < -0.3 is 0 Å². The summed E-state index contributed by atoms with van der Waals surface area (Å²) in [5.41, 5.74) is 6.38. The number of hydrogen-bond acceptors (Lipinski definition) is 3. The molecule has 0 aliphatic carbocycles. The van der Waals surface area contributed by atoms with Crippen molar-refractivity contribution in [1.29, 1.82) is 0 Å². The molecule has 142 valence electrons. The van der Waals surface area contributed by atoms with Crippen molar-refractivity contribution < 1.29 is 0 Å². The van der Waals surface area contributed by atoms with Crippen molar-refractivity contribution in [2.75, 3.05) is 0 Å². The van der Waals surface area contributed by atoms with E-state index in [2.05, 4.69) is 73.4 Å². The van der Waals surface area contributed by atoms with Crippen molar-refractivity contribution in [2.45, 2.75) is 40.2 Å². The summed E-state index contributed by atoms with van der Waals surface area (Å²) in [5, 5.41) is 5.71. The van der Waals surface area contributed by atoms with Crippen LogP contribution in [-0.4, -0.2) is 19.7 Å². The molecule has 0 amide bonds. The van der Waals surface area contributed by atoms with E-state index in [1.54, 1.807) is 0 Å². The lowest BCUT2D eigenvalue weighted by atomic mass is 9.99. The maximum absolute atomic E-state index is 4.96. The first-order valence-electron chi connectivity index (χ1n) is 10.0. The minimum absolute atomic E-state index is 0.666.